The molecule has 0 aromatic carbocycles. The van der Waals surface area contributed by atoms with E-state index < -0.39 is 17.3 Å². The van der Waals surface area contributed by atoms with Crippen LogP contribution in [0.2, 0.25) is 0 Å². The van der Waals surface area contributed by atoms with Gasteiger partial charge in [0.2, 0.25) is 5.88 Å². The van der Waals surface area contributed by atoms with Crippen molar-refractivity contribution in [2.45, 2.75) is 32.5 Å². The van der Waals surface area contributed by atoms with E-state index in [4.69, 9.17) is 4.74 Å². The number of rotatable bonds is 5. The molecule has 0 fully saturated rings. The van der Waals surface area contributed by atoms with E-state index in [0.29, 0.717) is 11.8 Å². The van der Waals surface area contributed by atoms with E-state index in [2.05, 4.69) is 15.3 Å². The van der Waals surface area contributed by atoms with Crippen LogP contribution in [0.5, 0.6) is 5.88 Å². The van der Waals surface area contributed by atoms with Gasteiger partial charge in [-0.25, -0.2) is 4.98 Å². The molecule has 5 nitrogen and oxygen atoms in total. The average Bonchev–Trinajstić information content (AvgIpc) is 2.53. The Labute approximate surface area is 143 Å². The molecule has 8 heteroatoms. The lowest BCUT2D eigenvalue weighted by Crippen LogP contribution is -2.47. The number of nitrogens with one attached hydrogen (secondary N) is 1. The zero-order chi connectivity index (χ0) is 18.7. The molecule has 0 saturated heterocycles. The first kappa shape index (κ1) is 18.7. The minimum absolute atomic E-state index is 0.0381. The molecule has 1 N–H and O–H groups in total. The number of carbonyl (C=O) groups excluding carboxylic acids is 1. The first-order chi connectivity index (χ1) is 11.6. The largest absolute Gasteiger partial charge is 0.475 e. The Bertz CT molecular complexity index is 726. The van der Waals surface area contributed by atoms with Gasteiger partial charge in [-0.2, -0.15) is 13.2 Å². The van der Waals surface area contributed by atoms with Crippen LogP contribution < -0.4 is 10.1 Å². The van der Waals surface area contributed by atoms with Gasteiger partial charge in [-0.3, -0.25) is 9.78 Å². The molecule has 25 heavy (non-hydrogen) atoms. The molecule has 0 aliphatic rings. The highest BCUT2D eigenvalue weighted by atomic mass is 19.4. The van der Waals surface area contributed by atoms with E-state index in [0.717, 1.165) is 17.8 Å². The molecule has 2 heterocycles. The molecule has 0 unspecified atom stereocenters. The Kier molecular flexibility index (Phi) is 5.30. The number of hydrogen-bond acceptors (Lipinski definition) is 4. The van der Waals surface area contributed by atoms with Gasteiger partial charge in [-0.1, -0.05) is 0 Å². The van der Waals surface area contributed by atoms with Crippen molar-refractivity contribution in [3.63, 3.8) is 0 Å². The zero-order valence-corrected chi connectivity index (χ0v) is 14.0. The van der Waals surface area contributed by atoms with Crippen molar-refractivity contribution in [1.29, 1.82) is 0 Å². The van der Waals surface area contributed by atoms with Crippen molar-refractivity contribution >= 4 is 5.91 Å². The SMILES string of the molecule is Cc1ccc(C(=O)NC(C)(C)COc2ccc(C(F)(F)F)cn2)cn1. The van der Waals surface area contributed by atoms with E-state index >= 15 is 0 Å². The molecule has 2 aromatic rings. The first-order valence-corrected chi connectivity index (χ1v) is 7.48. The van der Waals surface area contributed by atoms with Crippen LogP contribution >= 0.6 is 0 Å². The Morgan fingerprint density at radius 1 is 1.12 bits per heavy atom. The maximum Gasteiger partial charge on any atom is 0.417 e. The summed E-state index contributed by atoms with van der Waals surface area (Å²) in [6, 6.07) is 5.42. The van der Waals surface area contributed by atoms with Gasteiger partial charge < -0.3 is 10.1 Å². The maximum absolute atomic E-state index is 12.5. The third-order valence-electron chi connectivity index (χ3n) is 3.27. The summed E-state index contributed by atoms with van der Waals surface area (Å²) in [5.74, 6) is -0.270. The molecule has 0 radical (unpaired) electrons. The van der Waals surface area contributed by atoms with Crippen molar-refractivity contribution in [2.24, 2.45) is 0 Å². The lowest BCUT2D eigenvalue weighted by molar-refractivity contribution is -0.137. The first-order valence-electron chi connectivity index (χ1n) is 7.48. The summed E-state index contributed by atoms with van der Waals surface area (Å²) in [5, 5.41) is 2.79. The molecular formula is C17H18F3N3O2. The highest BCUT2D eigenvalue weighted by molar-refractivity contribution is 5.94. The molecule has 0 atom stereocenters. The molecular weight excluding hydrogens is 335 g/mol. The van der Waals surface area contributed by atoms with Gasteiger partial charge >= 0.3 is 6.18 Å². The minimum Gasteiger partial charge on any atom is -0.475 e. The maximum atomic E-state index is 12.5. The second-order valence-electron chi connectivity index (χ2n) is 6.20. The standard InChI is InChI=1S/C17H18F3N3O2/c1-11-4-5-12(8-21-11)15(24)23-16(2,3)10-25-14-7-6-13(9-22-14)17(18,19)20/h4-9H,10H2,1-3H3,(H,23,24). The van der Waals surface area contributed by atoms with Gasteiger partial charge in [-0.15, -0.1) is 0 Å². The number of pyridine rings is 2. The molecule has 0 saturated carbocycles. The fraction of sp³-hybridized carbons (Fsp3) is 0.353. The zero-order valence-electron chi connectivity index (χ0n) is 14.0. The summed E-state index contributed by atoms with van der Waals surface area (Å²) in [7, 11) is 0. The molecule has 1 amide bonds. The number of alkyl halides is 3. The number of nitrogens with zero attached hydrogens (tertiary/aromatic N) is 2. The minimum atomic E-state index is -4.44. The molecule has 134 valence electrons. The fourth-order valence-corrected chi connectivity index (χ4v) is 1.91. The van der Waals surface area contributed by atoms with Crippen molar-refractivity contribution in [1.82, 2.24) is 15.3 Å². The second kappa shape index (κ2) is 7.08. The highest BCUT2D eigenvalue weighted by Crippen LogP contribution is 2.29. The number of carbonyl (C=O) groups is 1. The normalized spacial score (nSPS) is 11.9. The Hall–Kier alpha value is -2.64. The van der Waals surface area contributed by atoms with Crippen molar-refractivity contribution < 1.29 is 22.7 Å². The van der Waals surface area contributed by atoms with Crippen LogP contribution in [-0.4, -0.2) is 28.0 Å². The molecule has 0 spiro atoms. The van der Waals surface area contributed by atoms with Crippen LogP contribution in [0.3, 0.4) is 0 Å². The summed E-state index contributed by atoms with van der Waals surface area (Å²) >= 11 is 0. The Morgan fingerprint density at radius 2 is 1.84 bits per heavy atom. The highest BCUT2D eigenvalue weighted by Gasteiger charge is 2.31. The van der Waals surface area contributed by atoms with Crippen LogP contribution in [0.1, 0.15) is 35.5 Å². The number of aryl methyl sites for hydroxylation is 1. The molecule has 0 aliphatic heterocycles. The van der Waals surface area contributed by atoms with Crippen LogP contribution in [0, 0.1) is 6.92 Å². The Balaban J connectivity index is 1.94. The molecule has 0 bridgehead atoms. The summed E-state index contributed by atoms with van der Waals surface area (Å²) in [6.45, 7) is 5.32. The topological polar surface area (TPSA) is 64.1 Å². The van der Waals surface area contributed by atoms with Gasteiger partial charge in [-0.05, 0) is 39.0 Å². The predicted octanol–water partition coefficient (Wildman–Crippen LogP) is 3.39. The van der Waals surface area contributed by atoms with Crippen LogP contribution in [-0.2, 0) is 6.18 Å². The molecule has 2 aromatic heterocycles. The quantitative estimate of drug-likeness (QED) is 0.895. The van der Waals surface area contributed by atoms with Crippen molar-refractivity contribution in [3.8, 4) is 5.88 Å². The number of aromatic nitrogens is 2. The van der Waals surface area contributed by atoms with Crippen LogP contribution in [0.15, 0.2) is 36.7 Å². The predicted molar refractivity (Wildman–Crippen MR) is 85.3 cm³/mol. The van der Waals surface area contributed by atoms with Crippen molar-refractivity contribution in [3.05, 3.63) is 53.5 Å². The summed E-state index contributed by atoms with van der Waals surface area (Å²) in [6.07, 6.45) is -2.27. The monoisotopic (exact) mass is 353 g/mol. The molecule has 0 aliphatic carbocycles. The van der Waals surface area contributed by atoms with Crippen LogP contribution in [0.4, 0.5) is 13.2 Å². The van der Waals surface area contributed by atoms with E-state index in [1.807, 2.05) is 6.92 Å². The van der Waals surface area contributed by atoms with Gasteiger partial charge in [0.15, 0.2) is 0 Å². The molecule has 2 rings (SSSR count). The van der Waals surface area contributed by atoms with E-state index in [9.17, 15) is 18.0 Å². The number of hydrogen-bond donors (Lipinski definition) is 1. The van der Waals surface area contributed by atoms with E-state index in [-0.39, 0.29) is 18.4 Å². The number of ether oxygens (including phenoxy) is 1. The smallest absolute Gasteiger partial charge is 0.417 e. The van der Waals surface area contributed by atoms with E-state index in [1.54, 1.807) is 26.0 Å². The third-order valence-corrected chi connectivity index (χ3v) is 3.27. The summed E-state index contributed by atoms with van der Waals surface area (Å²) in [4.78, 5) is 19.9. The van der Waals surface area contributed by atoms with Crippen molar-refractivity contribution in [2.75, 3.05) is 6.61 Å². The Morgan fingerprint density at radius 3 is 2.36 bits per heavy atom. The second-order valence-corrected chi connectivity index (χ2v) is 6.20. The van der Waals surface area contributed by atoms with Gasteiger partial charge in [0.05, 0.1) is 16.7 Å². The summed E-state index contributed by atoms with van der Waals surface area (Å²) in [5.41, 5.74) is -0.398. The number of amides is 1. The summed E-state index contributed by atoms with van der Waals surface area (Å²) < 4.78 is 42.9. The van der Waals surface area contributed by atoms with Gasteiger partial charge in [0.1, 0.15) is 6.61 Å². The number of halogens is 3. The third kappa shape index (κ3) is 5.44. The lowest BCUT2D eigenvalue weighted by Gasteiger charge is -2.26. The average molecular weight is 353 g/mol. The van der Waals surface area contributed by atoms with E-state index in [1.165, 1.54) is 6.20 Å². The van der Waals surface area contributed by atoms with Gasteiger partial charge in [0, 0.05) is 24.2 Å². The van der Waals surface area contributed by atoms with Crippen LogP contribution in [0.25, 0.3) is 0 Å². The van der Waals surface area contributed by atoms with Gasteiger partial charge in [0.25, 0.3) is 5.91 Å². The lowest BCUT2D eigenvalue weighted by atomic mass is 10.1. The fourth-order valence-electron chi connectivity index (χ4n) is 1.91.